The Balaban J connectivity index is 2.48. The highest BCUT2D eigenvalue weighted by Gasteiger charge is 2.35. The predicted octanol–water partition coefficient (Wildman–Crippen LogP) is 4.95. The molecule has 2 rings (SSSR count). The number of aliphatic hydroxyl groups excluding tert-OH is 1. The molecule has 0 aliphatic carbocycles. The van der Waals surface area contributed by atoms with Crippen molar-refractivity contribution in [3.63, 3.8) is 0 Å². The average molecular weight is 325 g/mol. The minimum Gasteiger partial charge on any atom is -0.383 e. The second-order valence-electron chi connectivity index (χ2n) is 4.21. The Morgan fingerprint density at radius 1 is 1.30 bits per heavy atom. The van der Waals surface area contributed by atoms with E-state index in [4.69, 9.17) is 11.6 Å². The normalized spacial score (nSPS) is 13.6. The number of halogens is 5. The molecule has 1 aromatic heterocycles. The molecule has 0 radical (unpaired) electrons. The molecule has 1 atom stereocenters. The second kappa shape index (κ2) is 5.35. The molecule has 108 valence electrons. The van der Waals surface area contributed by atoms with Crippen molar-refractivity contribution >= 4 is 22.9 Å². The average Bonchev–Trinajstić information content (AvgIpc) is 2.67. The van der Waals surface area contributed by atoms with Crippen LogP contribution in [0.1, 0.15) is 27.7 Å². The molecule has 1 nitrogen and oxygen atoms in total. The quantitative estimate of drug-likeness (QED) is 0.775. The van der Waals surface area contributed by atoms with Crippen LogP contribution in [0.15, 0.2) is 24.3 Å². The Labute approximate surface area is 121 Å². The maximum absolute atomic E-state index is 13.9. The molecule has 0 spiro atoms. The van der Waals surface area contributed by atoms with Crippen LogP contribution < -0.4 is 0 Å². The summed E-state index contributed by atoms with van der Waals surface area (Å²) in [7, 11) is 0. The molecule has 1 unspecified atom stereocenters. The van der Waals surface area contributed by atoms with Gasteiger partial charge in [0.2, 0.25) is 0 Å². The van der Waals surface area contributed by atoms with Crippen LogP contribution in [0.3, 0.4) is 0 Å². The molecule has 1 aromatic carbocycles. The molecule has 0 aliphatic rings. The van der Waals surface area contributed by atoms with E-state index in [0.717, 1.165) is 23.5 Å². The van der Waals surface area contributed by atoms with E-state index >= 15 is 0 Å². The number of thiophene rings is 1. The highest BCUT2D eigenvalue weighted by molar-refractivity contribution is 7.16. The van der Waals surface area contributed by atoms with E-state index in [2.05, 4.69) is 0 Å². The molecule has 0 saturated carbocycles. The zero-order valence-corrected chi connectivity index (χ0v) is 11.7. The largest absolute Gasteiger partial charge is 0.419 e. The fourth-order valence-corrected chi connectivity index (χ4v) is 2.97. The van der Waals surface area contributed by atoms with Crippen molar-refractivity contribution in [2.45, 2.75) is 19.2 Å². The molecular weight excluding hydrogens is 316 g/mol. The van der Waals surface area contributed by atoms with Crippen molar-refractivity contribution in [1.82, 2.24) is 0 Å². The number of aliphatic hydroxyl groups is 1. The number of aryl methyl sites for hydroxylation is 1. The smallest absolute Gasteiger partial charge is 0.383 e. The van der Waals surface area contributed by atoms with E-state index in [9.17, 15) is 22.7 Å². The lowest BCUT2D eigenvalue weighted by Gasteiger charge is -2.14. The van der Waals surface area contributed by atoms with E-state index < -0.39 is 29.2 Å². The first-order valence-electron chi connectivity index (χ1n) is 5.51. The van der Waals surface area contributed by atoms with E-state index in [1.165, 1.54) is 6.07 Å². The first kappa shape index (κ1) is 15.3. The summed E-state index contributed by atoms with van der Waals surface area (Å²) in [6.07, 6.45) is -6.28. The van der Waals surface area contributed by atoms with Gasteiger partial charge in [-0.25, -0.2) is 4.39 Å². The number of alkyl halides is 3. The molecular formula is C13H9ClF4OS. The van der Waals surface area contributed by atoms with Crippen molar-refractivity contribution in [3.05, 3.63) is 56.0 Å². The van der Waals surface area contributed by atoms with Crippen LogP contribution in [-0.2, 0) is 6.18 Å². The monoisotopic (exact) mass is 324 g/mol. The minimum atomic E-state index is -4.80. The third-order valence-electron chi connectivity index (χ3n) is 2.77. The first-order chi connectivity index (χ1) is 9.21. The highest BCUT2D eigenvalue weighted by Crippen LogP contribution is 2.38. The van der Waals surface area contributed by atoms with E-state index in [1.54, 1.807) is 6.92 Å². The minimum absolute atomic E-state index is 0.297. The summed E-state index contributed by atoms with van der Waals surface area (Å²) in [6.45, 7) is 1.69. The second-order valence-corrected chi connectivity index (χ2v) is 5.90. The highest BCUT2D eigenvalue weighted by atomic mass is 35.5. The van der Waals surface area contributed by atoms with Gasteiger partial charge in [0.05, 0.1) is 9.90 Å². The summed E-state index contributed by atoms with van der Waals surface area (Å²) in [6, 6.07) is 4.35. The molecule has 1 N–H and O–H groups in total. The molecule has 0 amide bonds. The fourth-order valence-electron chi connectivity index (χ4n) is 1.75. The predicted molar refractivity (Wildman–Crippen MR) is 69.5 cm³/mol. The molecule has 20 heavy (non-hydrogen) atoms. The molecule has 2 aromatic rings. The molecule has 0 bridgehead atoms. The van der Waals surface area contributed by atoms with Crippen LogP contribution in [0.4, 0.5) is 17.6 Å². The summed E-state index contributed by atoms with van der Waals surface area (Å²) in [5.74, 6) is -1.46. The molecule has 1 heterocycles. The van der Waals surface area contributed by atoms with E-state index in [-0.39, 0.29) is 0 Å². The Morgan fingerprint density at radius 3 is 2.45 bits per heavy atom. The first-order valence-corrected chi connectivity index (χ1v) is 6.70. The van der Waals surface area contributed by atoms with Crippen molar-refractivity contribution in [2.24, 2.45) is 0 Å². The van der Waals surface area contributed by atoms with Gasteiger partial charge < -0.3 is 5.11 Å². The zero-order valence-electron chi connectivity index (χ0n) is 10.1. The van der Waals surface area contributed by atoms with Crippen molar-refractivity contribution in [1.29, 1.82) is 0 Å². The van der Waals surface area contributed by atoms with E-state index in [0.29, 0.717) is 20.8 Å². The Kier molecular flexibility index (Phi) is 4.09. The van der Waals surface area contributed by atoms with Crippen LogP contribution >= 0.6 is 22.9 Å². The zero-order chi connectivity index (χ0) is 15.1. The Morgan fingerprint density at radius 2 is 1.95 bits per heavy atom. The maximum atomic E-state index is 13.9. The van der Waals surface area contributed by atoms with Gasteiger partial charge in [0.15, 0.2) is 0 Å². The number of hydrogen-bond donors (Lipinski definition) is 1. The van der Waals surface area contributed by atoms with Crippen molar-refractivity contribution < 1.29 is 22.7 Å². The molecule has 7 heteroatoms. The van der Waals surface area contributed by atoms with Gasteiger partial charge in [-0.15, -0.1) is 11.3 Å². The van der Waals surface area contributed by atoms with Crippen LogP contribution in [0.2, 0.25) is 4.34 Å². The Bertz CT molecular complexity index is 616. The Hall–Kier alpha value is -1.11. The molecule has 0 aliphatic heterocycles. The number of benzene rings is 1. The third kappa shape index (κ3) is 2.82. The summed E-state index contributed by atoms with van der Waals surface area (Å²) >= 11 is 6.85. The van der Waals surface area contributed by atoms with Gasteiger partial charge in [-0.1, -0.05) is 23.7 Å². The number of hydrogen-bond acceptors (Lipinski definition) is 2. The van der Waals surface area contributed by atoms with Crippen LogP contribution in [0.5, 0.6) is 0 Å². The van der Waals surface area contributed by atoms with Gasteiger partial charge in [0.25, 0.3) is 0 Å². The van der Waals surface area contributed by atoms with Gasteiger partial charge >= 0.3 is 6.18 Å². The summed E-state index contributed by atoms with van der Waals surface area (Å²) in [5.41, 5.74) is -1.13. The van der Waals surface area contributed by atoms with Gasteiger partial charge in [0.1, 0.15) is 11.9 Å². The summed E-state index contributed by atoms with van der Waals surface area (Å²) < 4.78 is 52.2. The lowest BCUT2D eigenvalue weighted by Crippen LogP contribution is -2.11. The standard InChI is InChI=1S/C13H9ClF4OS/c1-6-5-9(20-12(6)14)11(19)7-3-2-4-8(10(7)15)13(16,17)18/h2-5,11,19H,1H3. The molecule has 0 fully saturated rings. The van der Waals surface area contributed by atoms with Gasteiger partial charge in [-0.3, -0.25) is 0 Å². The maximum Gasteiger partial charge on any atom is 0.419 e. The summed E-state index contributed by atoms with van der Waals surface area (Å²) in [5, 5.41) is 10.0. The van der Waals surface area contributed by atoms with Crippen molar-refractivity contribution in [3.8, 4) is 0 Å². The lowest BCUT2D eigenvalue weighted by molar-refractivity contribution is -0.140. The molecule has 0 saturated heterocycles. The SMILES string of the molecule is Cc1cc(C(O)c2cccc(C(F)(F)F)c2F)sc1Cl. The third-order valence-corrected chi connectivity index (χ3v) is 4.38. The lowest BCUT2D eigenvalue weighted by atomic mass is 10.0. The van der Waals surface area contributed by atoms with E-state index in [1.807, 2.05) is 0 Å². The van der Waals surface area contributed by atoms with Crippen LogP contribution in [-0.4, -0.2) is 5.11 Å². The van der Waals surface area contributed by atoms with Crippen molar-refractivity contribution in [2.75, 3.05) is 0 Å². The van der Waals surface area contributed by atoms with Gasteiger partial charge in [-0.2, -0.15) is 13.2 Å². The van der Waals surface area contributed by atoms with Crippen LogP contribution in [0.25, 0.3) is 0 Å². The fraction of sp³-hybridized carbons (Fsp3) is 0.231. The van der Waals surface area contributed by atoms with Crippen LogP contribution in [0, 0.1) is 12.7 Å². The van der Waals surface area contributed by atoms with Gasteiger partial charge in [0, 0.05) is 10.4 Å². The number of rotatable bonds is 2. The summed E-state index contributed by atoms with van der Waals surface area (Å²) in [4.78, 5) is 0.297. The van der Waals surface area contributed by atoms with Gasteiger partial charge in [-0.05, 0) is 24.6 Å². The topological polar surface area (TPSA) is 20.2 Å².